The standard InChI is InChI=1S/C14H16N2O3S/c1-18-13(17)9-4-5-11-12(7-9)16(14(20)15-11)8-10-3-2-6-19-10/h4-5,7,10H,2-3,6,8H2,1H3,(H,15,20)/t10-/m0/s1. The number of carbonyl (C=O) groups is 1. The van der Waals surface area contributed by atoms with Crippen LogP contribution >= 0.6 is 12.2 Å². The summed E-state index contributed by atoms with van der Waals surface area (Å²) < 4.78 is 13.1. The lowest BCUT2D eigenvalue weighted by Gasteiger charge is -2.11. The smallest absolute Gasteiger partial charge is 0.337 e. The first-order valence-electron chi connectivity index (χ1n) is 6.61. The molecule has 0 spiro atoms. The van der Waals surface area contributed by atoms with E-state index in [1.807, 2.05) is 16.7 Å². The van der Waals surface area contributed by atoms with Crippen molar-refractivity contribution in [2.24, 2.45) is 0 Å². The van der Waals surface area contributed by atoms with Gasteiger partial charge in [0.25, 0.3) is 0 Å². The van der Waals surface area contributed by atoms with Gasteiger partial charge >= 0.3 is 5.97 Å². The third-order valence-electron chi connectivity index (χ3n) is 3.61. The molecule has 5 nitrogen and oxygen atoms in total. The van der Waals surface area contributed by atoms with Gasteiger partial charge in [0, 0.05) is 6.61 Å². The van der Waals surface area contributed by atoms with Gasteiger partial charge in [-0.3, -0.25) is 0 Å². The van der Waals surface area contributed by atoms with Crippen molar-refractivity contribution in [2.45, 2.75) is 25.5 Å². The van der Waals surface area contributed by atoms with Crippen LogP contribution < -0.4 is 0 Å². The topological polar surface area (TPSA) is 56.2 Å². The van der Waals surface area contributed by atoms with Crippen LogP contribution in [0.1, 0.15) is 23.2 Å². The predicted octanol–water partition coefficient (Wildman–Crippen LogP) is 2.66. The fraction of sp³-hybridized carbons (Fsp3) is 0.429. The Kier molecular flexibility index (Phi) is 3.58. The zero-order valence-electron chi connectivity index (χ0n) is 11.2. The molecule has 2 heterocycles. The van der Waals surface area contributed by atoms with Gasteiger partial charge in [-0.15, -0.1) is 0 Å². The summed E-state index contributed by atoms with van der Waals surface area (Å²) in [6.45, 7) is 1.53. The molecule has 20 heavy (non-hydrogen) atoms. The average molecular weight is 292 g/mol. The molecule has 1 N–H and O–H groups in total. The summed E-state index contributed by atoms with van der Waals surface area (Å²) in [4.78, 5) is 14.8. The number of carbonyl (C=O) groups excluding carboxylic acids is 1. The molecule has 106 valence electrons. The highest BCUT2D eigenvalue weighted by Gasteiger charge is 2.18. The van der Waals surface area contributed by atoms with Gasteiger partial charge in [-0.2, -0.15) is 0 Å². The summed E-state index contributed by atoms with van der Waals surface area (Å²) in [7, 11) is 1.38. The summed E-state index contributed by atoms with van der Waals surface area (Å²) in [6.07, 6.45) is 2.33. The molecule has 2 aromatic rings. The van der Waals surface area contributed by atoms with Gasteiger partial charge in [0.1, 0.15) is 0 Å². The second kappa shape index (κ2) is 5.38. The number of benzene rings is 1. The lowest BCUT2D eigenvalue weighted by Crippen LogP contribution is -2.15. The highest BCUT2D eigenvalue weighted by Crippen LogP contribution is 2.20. The number of esters is 1. The maximum atomic E-state index is 11.6. The van der Waals surface area contributed by atoms with Crippen LogP contribution in [-0.4, -0.2) is 35.3 Å². The predicted molar refractivity (Wildman–Crippen MR) is 77.4 cm³/mol. The lowest BCUT2D eigenvalue weighted by molar-refractivity contribution is 0.0601. The maximum Gasteiger partial charge on any atom is 0.337 e. The van der Waals surface area contributed by atoms with E-state index in [1.165, 1.54) is 7.11 Å². The number of rotatable bonds is 3. The quantitative estimate of drug-likeness (QED) is 0.698. The number of hydrogen-bond acceptors (Lipinski definition) is 4. The van der Waals surface area contributed by atoms with E-state index in [1.54, 1.807) is 6.07 Å². The zero-order chi connectivity index (χ0) is 14.1. The Morgan fingerprint density at radius 1 is 1.60 bits per heavy atom. The number of aromatic nitrogens is 2. The molecule has 1 aliphatic heterocycles. The SMILES string of the molecule is COC(=O)c1ccc2[nH]c(=S)n(C[C@@H]3CCCO3)c2c1. The number of aromatic amines is 1. The summed E-state index contributed by atoms with van der Waals surface area (Å²) in [5.74, 6) is -0.345. The molecule has 0 unspecified atom stereocenters. The summed E-state index contributed by atoms with van der Waals surface area (Å²) in [5, 5.41) is 0. The molecule has 1 saturated heterocycles. The normalized spacial score (nSPS) is 18.6. The van der Waals surface area contributed by atoms with Crippen LogP contribution in [-0.2, 0) is 16.0 Å². The van der Waals surface area contributed by atoms with Crippen molar-refractivity contribution in [2.75, 3.05) is 13.7 Å². The second-order valence-electron chi connectivity index (χ2n) is 4.90. The van der Waals surface area contributed by atoms with E-state index in [0.717, 1.165) is 30.5 Å². The number of hydrogen-bond donors (Lipinski definition) is 1. The van der Waals surface area contributed by atoms with E-state index in [2.05, 4.69) is 4.98 Å². The Labute approximate surface area is 121 Å². The van der Waals surface area contributed by atoms with Crippen molar-refractivity contribution in [1.82, 2.24) is 9.55 Å². The Morgan fingerprint density at radius 3 is 3.15 bits per heavy atom. The molecule has 6 heteroatoms. The number of nitrogens with one attached hydrogen (secondary N) is 1. The second-order valence-corrected chi connectivity index (χ2v) is 5.29. The Morgan fingerprint density at radius 2 is 2.45 bits per heavy atom. The lowest BCUT2D eigenvalue weighted by atomic mass is 10.2. The molecule has 1 aliphatic rings. The van der Waals surface area contributed by atoms with Gasteiger partial charge in [-0.05, 0) is 43.3 Å². The minimum atomic E-state index is -0.345. The van der Waals surface area contributed by atoms with Crippen LogP contribution in [0.4, 0.5) is 0 Å². The molecule has 0 amide bonds. The molecular weight excluding hydrogens is 276 g/mol. The average Bonchev–Trinajstić information content (AvgIpc) is 3.07. The highest BCUT2D eigenvalue weighted by atomic mass is 32.1. The number of methoxy groups -OCH3 is 1. The van der Waals surface area contributed by atoms with E-state index >= 15 is 0 Å². The first-order chi connectivity index (χ1) is 9.69. The first-order valence-corrected chi connectivity index (χ1v) is 7.02. The van der Waals surface area contributed by atoms with Gasteiger partial charge < -0.3 is 19.0 Å². The Balaban J connectivity index is 2.02. The summed E-state index contributed by atoms with van der Waals surface area (Å²) in [6, 6.07) is 5.39. The summed E-state index contributed by atoms with van der Waals surface area (Å²) >= 11 is 5.36. The summed E-state index contributed by atoms with van der Waals surface area (Å²) in [5.41, 5.74) is 2.35. The van der Waals surface area contributed by atoms with Crippen molar-refractivity contribution in [3.05, 3.63) is 28.5 Å². The molecule has 0 saturated carbocycles. The van der Waals surface area contributed by atoms with E-state index < -0.39 is 0 Å². The van der Waals surface area contributed by atoms with Gasteiger partial charge in [-0.25, -0.2) is 4.79 Å². The van der Waals surface area contributed by atoms with Crippen LogP contribution in [0, 0.1) is 4.77 Å². The van der Waals surface area contributed by atoms with E-state index in [4.69, 9.17) is 21.7 Å². The molecule has 1 atom stereocenters. The molecule has 1 aromatic carbocycles. The number of imidazole rings is 1. The van der Waals surface area contributed by atoms with Crippen molar-refractivity contribution in [3.63, 3.8) is 0 Å². The van der Waals surface area contributed by atoms with Gasteiger partial charge in [0.2, 0.25) is 0 Å². The molecule has 3 rings (SSSR count). The van der Waals surface area contributed by atoms with Crippen molar-refractivity contribution >= 4 is 29.2 Å². The highest BCUT2D eigenvalue weighted by molar-refractivity contribution is 7.71. The minimum absolute atomic E-state index is 0.197. The van der Waals surface area contributed by atoms with E-state index in [-0.39, 0.29) is 12.1 Å². The first kappa shape index (κ1) is 13.3. The van der Waals surface area contributed by atoms with Crippen LogP contribution in [0.5, 0.6) is 0 Å². The number of ether oxygens (including phenoxy) is 2. The van der Waals surface area contributed by atoms with Gasteiger partial charge in [0.05, 0.1) is 36.4 Å². The van der Waals surface area contributed by atoms with E-state index in [9.17, 15) is 4.79 Å². The van der Waals surface area contributed by atoms with Gasteiger partial charge in [0.15, 0.2) is 4.77 Å². The molecular formula is C14H16N2O3S. The number of nitrogens with zero attached hydrogens (tertiary/aromatic N) is 1. The molecule has 0 radical (unpaired) electrons. The monoisotopic (exact) mass is 292 g/mol. The van der Waals surface area contributed by atoms with Crippen molar-refractivity contribution in [1.29, 1.82) is 0 Å². The molecule has 0 aliphatic carbocycles. The Hall–Kier alpha value is -1.66. The van der Waals surface area contributed by atoms with Gasteiger partial charge in [-0.1, -0.05) is 0 Å². The Bertz CT molecular complexity index is 698. The van der Waals surface area contributed by atoms with Crippen molar-refractivity contribution < 1.29 is 14.3 Å². The fourth-order valence-corrected chi connectivity index (χ4v) is 2.85. The zero-order valence-corrected chi connectivity index (χ0v) is 12.0. The fourth-order valence-electron chi connectivity index (χ4n) is 2.57. The third-order valence-corrected chi connectivity index (χ3v) is 3.93. The largest absolute Gasteiger partial charge is 0.465 e. The third kappa shape index (κ3) is 2.36. The van der Waals surface area contributed by atoms with Crippen LogP contribution in [0.3, 0.4) is 0 Å². The number of H-pyrrole nitrogens is 1. The van der Waals surface area contributed by atoms with E-state index in [0.29, 0.717) is 16.9 Å². The van der Waals surface area contributed by atoms with Crippen molar-refractivity contribution in [3.8, 4) is 0 Å². The minimum Gasteiger partial charge on any atom is -0.465 e. The number of fused-ring (bicyclic) bond motifs is 1. The maximum absolute atomic E-state index is 11.6. The molecule has 0 bridgehead atoms. The van der Waals surface area contributed by atoms with Crippen LogP contribution in [0.25, 0.3) is 11.0 Å². The molecule has 1 aromatic heterocycles. The molecule has 1 fully saturated rings. The van der Waals surface area contributed by atoms with Crippen LogP contribution in [0.2, 0.25) is 0 Å². The van der Waals surface area contributed by atoms with Crippen LogP contribution in [0.15, 0.2) is 18.2 Å².